The molecule has 10 heteroatoms. The molecule has 0 aliphatic rings. The number of carbonyl (C=O) groups excluding carboxylic acids is 2. The van der Waals surface area contributed by atoms with Crippen molar-refractivity contribution >= 4 is 19.8 Å². The molecule has 0 aliphatic heterocycles. The molecule has 0 unspecified atom stereocenters. The number of allylic oxidation sites excluding steroid dienone is 11. The van der Waals surface area contributed by atoms with Gasteiger partial charge in [-0.3, -0.25) is 14.1 Å². The number of aliphatic hydroxyl groups excluding tert-OH is 1. The Morgan fingerprint density at radius 2 is 1.08 bits per heavy atom. The standard InChI is InChI=1S/C43H73O9P/c1-3-5-6-7-8-9-10-11-12-13-14-18-21-24-27-30-33-36-42(45)50-38-41(39-51-53(47,48)49)52-43(46)37-34-31-28-25-22-19-16-15-17-20-23-26-29-32-35-40(44)4-2/h11-12,16-17,19-20,25-26,28-29,32,35,40-41,44H,3-10,13-15,18,21-24,27,30-31,33-34,36-39H2,1-2H3,(H2,47,48,49)/b12-11-,19-16-,20-17-,28-25-,29-26-,35-32+/t40-,41-/m1/s1. The van der Waals surface area contributed by atoms with Gasteiger partial charge in [0.25, 0.3) is 0 Å². The summed E-state index contributed by atoms with van der Waals surface area (Å²) in [7, 11) is -4.78. The first-order valence-corrected chi connectivity index (χ1v) is 21.9. The van der Waals surface area contributed by atoms with E-state index in [9.17, 15) is 19.3 Å². The summed E-state index contributed by atoms with van der Waals surface area (Å²) in [6.45, 7) is 3.29. The lowest BCUT2D eigenvalue weighted by Crippen LogP contribution is -2.29. The van der Waals surface area contributed by atoms with E-state index in [1.807, 2.05) is 37.3 Å². The zero-order valence-corrected chi connectivity index (χ0v) is 33.9. The minimum Gasteiger partial charge on any atom is -0.462 e. The van der Waals surface area contributed by atoms with Gasteiger partial charge in [-0.25, -0.2) is 4.57 Å². The lowest BCUT2D eigenvalue weighted by atomic mass is 10.1. The zero-order valence-electron chi connectivity index (χ0n) is 33.0. The van der Waals surface area contributed by atoms with Crippen LogP contribution in [-0.4, -0.2) is 52.3 Å². The molecule has 304 valence electrons. The van der Waals surface area contributed by atoms with Crippen LogP contribution in [0.15, 0.2) is 72.9 Å². The molecule has 0 saturated heterocycles. The van der Waals surface area contributed by atoms with Crippen molar-refractivity contribution in [3.8, 4) is 0 Å². The van der Waals surface area contributed by atoms with Crippen molar-refractivity contribution in [2.24, 2.45) is 0 Å². The molecule has 0 saturated carbocycles. The van der Waals surface area contributed by atoms with E-state index in [0.29, 0.717) is 25.7 Å². The van der Waals surface area contributed by atoms with E-state index in [-0.39, 0.29) is 25.6 Å². The van der Waals surface area contributed by atoms with Crippen LogP contribution in [-0.2, 0) is 28.2 Å². The van der Waals surface area contributed by atoms with E-state index in [1.165, 1.54) is 64.2 Å². The SMILES string of the molecule is CCCCCCCC/C=C\CCCCCCCCCC(=O)OC[C@H](COP(=O)(O)O)OC(=O)CCC/C=C\C/C=C\C/C=C\C/C=C\C=C\[C@H](O)CC. The van der Waals surface area contributed by atoms with Crippen LogP contribution in [0.2, 0.25) is 0 Å². The zero-order chi connectivity index (χ0) is 39.1. The maximum Gasteiger partial charge on any atom is 0.469 e. The quantitative estimate of drug-likeness (QED) is 0.0187. The van der Waals surface area contributed by atoms with Crippen molar-refractivity contribution in [1.82, 2.24) is 0 Å². The summed E-state index contributed by atoms with van der Waals surface area (Å²) in [6, 6.07) is 0. The second-order valence-electron chi connectivity index (χ2n) is 13.4. The Morgan fingerprint density at radius 3 is 1.66 bits per heavy atom. The summed E-state index contributed by atoms with van der Waals surface area (Å²) in [5.74, 6) is -0.982. The first kappa shape index (κ1) is 50.5. The Kier molecular flexibility index (Phi) is 35.9. The molecular weight excluding hydrogens is 691 g/mol. The van der Waals surface area contributed by atoms with Gasteiger partial charge >= 0.3 is 19.8 Å². The van der Waals surface area contributed by atoms with E-state index < -0.39 is 32.5 Å². The monoisotopic (exact) mass is 764 g/mol. The highest BCUT2D eigenvalue weighted by atomic mass is 31.2. The van der Waals surface area contributed by atoms with Crippen molar-refractivity contribution < 1.29 is 43.0 Å². The molecule has 0 fully saturated rings. The normalized spacial score (nSPS) is 13.8. The summed E-state index contributed by atoms with van der Waals surface area (Å²) < 4.78 is 26.3. The summed E-state index contributed by atoms with van der Waals surface area (Å²) in [6.07, 6.45) is 45.8. The molecule has 53 heavy (non-hydrogen) atoms. The van der Waals surface area contributed by atoms with E-state index in [1.54, 1.807) is 6.08 Å². The number of carbonyl (C=O) groups is 2. The van der Waals surface area contributed by atoms with Crippen LogP contribution in [0.4, 0.5) is 0 Å². The third-order valence-electron chi connectivity index (χ3n) is 8.37. The molecular formula is C43H73O9P. The van der Waals surface area contributed by atoms with Crippen LogP contribution in [0.5, 0.6) is 0 Å². The van der Waals surface area contributed by atoms with Gasteiger partial charge in [0.2, 0.25) is 0 Å². The Hall–Kier alpha value is -2.55. The second kappa shape index (κ2) is 37.8. The third-order valence-corrected chi connectivity index (χ3v) is 8.85. The smallest absolute Gasteiger partial charge is 0.462 e. The second-order valence-corrected chi connectivity index (χ2v) is 14.7. The van der Waals surface area contributed by atoms with Crippen molar-refractivity contribution in [2.45, 2.75) is 174 Å². The van der Waals surface area contributed by atoms with Crippen LogP contribution < -0.4 is 0 Å². The molecule has 2 atom stereocenters. The first-order valence-electron chi connectivity index (χ1n) is 20.3. The molecule has 0 aromatic rings. The fourth-order valence-electron chi connectivity index (χ4n) is 5.18. The van der Waals surface area contributed by atoms with Gasteiger partial charge in [-0.1, -0.05) is 151 Å². The number of phosphoric ester groups is 1. The molecule has 0 aromatic heterocycles. The maximum atomic E-state index is 12.4. The molecule has 0 aliphatic carbocycles. The minimum atomic E-state index is -4.78. The predicted octanol–water partition coefficient (Wildman–Crippen LogP) is 11.3. The molecule has 3 N–H and O–H groups in total. The van der Waals surface area contributed by atoms with Crippen molar-refractivity contribution in [3.63, 3.8) is 0 Å². The lowest BCUT2D eigenvalue weighted by Gasteiger charge is -2.18. The van der Waals surface area contributed by atoms with E-state index in [0.717, 1.165) is 44.9 Å². The van der Waals surface area contributed by atoms with E-state index in [2.05, 4.69) is 47.9 Å². The van der Waals surface area contributed by atoms with Gasteiger partial charge in [0.1, 0.15) is 6.61 Å². The average Bonchev–Trinajstić information content (AvgIpc) is 3.13. The summed E-state index contributed by atoms with van der Waals surface area (Å²) in [4.78, 5) is 42.8. The number of aliphatic hydroxyl groups is 1. The topological polar surface area (TPSA) is 140 Å². The average molecular weight is 765 g/mol. The van der Waals surface area contributed by atoms with E-state index >= 15 is 0 Å². The van der Waals surface area contributed by atoms with Crippen molar-refractivity contribution in [2.75, 3.05) is 13.2 Å². The maximum absolute atomic E-state index is 12.4. The number of ether oxygens (including phenoxy) is 2. The van der Waals surface area contributed by atoms with Crippen LogP contribution >= 0.6 is 7.82 Å². The molecule has 0 amide bonds. The highest BCUT2D eigenvalue weighted by molar-refractivity contribution is 7.46. The van der Waals surface area contributed by atoms with Crippen molar-refractivity contribution in [1.29, 1.82) is 0 Å². The summed E-state index contributed by atoms with van der Waals surface area (Å²) >= 11 is 0. The van der Waals surface area contributed by atoms with Crippen LogP contribution in [0.1, 0.15) is 162 Å². The van der Waals surface area contributed by atoms with Crippen LogP contribution in [0, 0.1) is 0 Å². The molecule has 0 aromatic carbocycles. The molecule has 0 bridgehead atoms. The van der Waals surface area contributed by atoms with Gasteiger partial charge in [-0.2, -0.15) is 0 Å². The van der Waals surface area contributed by atoms with Gasteiger partial charge in [0.15, 0.2) is 6.10 Å². The first-order chi connectivity index (χ1) is 25.7. The Bertz CT molecular complexity index is 1100. The number of esters is 2. The number of hydrogen-bond acceptors (Lipinski definition) is 7. The Morgan fingerprint density at radius 1 is 0.585 bits per heavy atom. The highest BCUT2D eigenvalue weighted by Crippen LogP contribution is 2.36. The predicted molar refractivity (Wildman–Crippen MR) is 217 cm³/mol. The third kappa shape index (κ3) is 40.5. The van der Waals surface area contributed by atoms with Gasteiger partial charge in [0.05, 0.1) is 12.7 Å². The van der Waals surface area contributed by atoms with Gasteiger partial charge in [-0.05, 0) is 70.6 Å². The Balaban J connectivity index is 4.07. The van der Waals surface area contributed by atoms with Gasteiger partial charge < -0.3 is 24.4 Å². The summed E-state index contributed by atoms with van der Waals surface area (Å²) in [5.41, 5.74) is 0. The van der Waals surface area contributed by atoms with E-state index in [4.69, 9.17) is 19.3 Å². The molecule has 0 rings (SSSR count). The fourth-order valence-corrected chi connectivity index (χ4v) is 5.54. The molecule has 0 spiro atoms. The minimum absolute atomic E-state index is 0.116. The van der Waals surface area contributed by atoms with Crippen LogP contribution in [0.3, 0.4) is 0 Å². The number of hydrogen-bond donors (Lipinski definition) is 3. The van der Waals surface area contributed by atoms with Gasteiger partial charge in [-0.15, -0.1) is 0 Å². The van der Waals surface area contributed by atoms with Crippen molar-refractivity contribution in [3.05, 3.63) is 72.9 Å². The number of phosphoric acid groups is 1. The number of rotatable bonds is 36. The highest BCUT2D eigenvalue weighted by Gasteiger charge is 2.22. The largest absolute Gasteiger partial charge is 0.469 e. The van der Waals surface area contributed by atoms with Crippen LogP contribution in [0.25, 0.3) is 0 Å². The lowest BCUT2D eigenvalue weighted by molar-refractivity contribution is -0.161. The summed E-state index contributed by atoms with van der Waals surface area (Å²) in [5, 5.41) is 9.45. The molecule has 0 heterocycles. The molecule has 0 radical (unpaired) electrons. The molecule has 9 nitrogen and oxygen atoms in total. The number of unbranched alkanes of at least 4 members (excludes halogenated alkanes) is 14. The van der Waals surface area contributed by atoms with Gasteiger partial charge in [0, 0.05) is 12.8 Å². The Labute approximate surface area is 322 Å². The fraction of sp³-hybridized carbons (Fsp3) is 0.674.